The molecule has 2 heterocycles. The number of nitrogens with one attached hydrogen (secondary N) is 1. The Balaban J connectivity index is 0.00000192. The Kier molecular flexibility index (Phi) is 6.18. The Hall–Kier alpha value is -0.970. The highest BCUT2D eigenvalue weighted by Crippen LogP contribution is 2.29. The number of carbonyl (C=O) groups is 1. The van der Waals surface area contributed by atoms with Gasteiger partial charge in [0, 0.05) is 30.2 Å². The molecule has 0 saturated carbocycles. The number of carbonyl (C=O) groups excluding carboxylic acids is 1. The third-order valence-electron chi connectivity index (χ3n) is 4.80. The quantitative estimate of drug-likeness (QED) is 0.897. The van der Waals surface area contributed by atoms with Crippen molar-refractivity contribution in [2.75, 3.05) is 7.05 Å². The van der Waals surface area contributed by atoms with Gasteiger partial charge in [-0.05, 0) is 50.8 Å². The molecule has 23 heavy (non-hydrogen) atoms. The zero-order valence-corrected chi connectivity index (χ0v) is 15.1. The van der Waals surface area contributed by atoms with Gasteiger partial charge in [0.05, 0.1) is 0 Å². The second-order valence-electron chi connectivity index (χ2n) is 6.43. The van der Waals surface area contributed by atoms with Crippen LogP contribution in [-0.2, 0) is 4.79 Å². The number of likely N-dealkylation sites (N-methyl/N-ethyl adjacent to an activating group) is 1. The summed E-state index contributed by atoms with van der Waals surface area (Å²) in [5.74, 6) is 0.665. The number of benzene rings is 1. The van der Waals surface area contributed by atoms with Crippen LogP contribution in [0.2, 0.25) is 5.02 Å². The van der Waals surface area contributed by atoms with Gasteiger partial charge in [-0.2, -0.15) is 0 Å². The van der Waals surface area contributed by atoms with Gasteiger partial charge in [0.2, 0.25) is 0 Å². The number of piperidine rings is 1. The van der Waals surface area contributed by atoms with E-state index in [0.29, 0.717) is 28.9 Å². The molecule has 2 aliphatic rings. The monoisotopic (exact) mass is 358 g/mol. The third-order valence-corrected chi connectivity index (χ3v) is 5.04. The van der Waals surface area contributed by atoms with E-state index in [0.717, 1.165) is 12.8 Å². The Labute approximate surface area is 148 Å². The maximum Gasteiger partial charge on any atom is 0.263 e. The van der Waals surface area contributed by atoms with Crippen LogP contribution in [0.15, 0.2) is 24.3 Å². The number of ether oxygens (including phenoxy) is 1. The molecule has 1 aromatic carbocycles. The summed E-state index contributed by atoms with van der Waals surface area (Å²) in [4.78, 5) is 14.5. The number of halogens is 2. The summed E-state index contributed by atoms with van der Waals surface area (Å²) in [5.41, 5.74) is 0. The molecule has 3 unspecified atom stereocenters. The van der Waals surface area contributed by atoms with Gasteiger partial charge in [0.25, 0.3) is 5.91 Å². The molecule has 2 fully saturated rings. The Morgan fingerprint density at radius 1 is 1.35 bits per heavy atom. The lowest BCUT2D eigenvalue weighted by molar-refractivity contribution is -0.139. The van der Waals surface area contributed by atoms with Gasteiger partial charge < -0.3 is 15.0 Å². The number of fused-ring (bicyclic) bond motifs is 2. The molecule has 6 heteroatoms. The van der Waals surface area contributed by atoms with Gasteiger partial charge >= 0.3 is 0 Å². The fourth-order valence-electron chi connectivity index (χ4n) is 3.61. The molecule has 0 radical (unpaired) electrons. The lowest BCUT2D eigenvalue weighted by Gasteiger charge is -2.36. The summed E-state index contributed by atoms with van der Waals surface area (Å²) in [6, 6.07) is 8.63. The first-order valence-corrected chi connectivity index (χ1v) is 8.35. The van der Waals surface area contributed by atoms with Gasteiger partial charge in [-0.1, -0.05) is 17.7 Å². The number of rotatable bonds is 4. The van der Waals surface area contributed by atoms with E-state index >= 15 is 0 Å². The predicted molar refractivity (Wildman–Crippen MR) is 94.5 cm³/mol. The smallest absolute Gasteiger partial charge is 0.263 e. The molecule has 128 valence electrons. The van der Waals surface area contributed by atoms with Crippen molar-refractivity contribution in [1.82, 2.24) is 10.2 Å². The molecular weight excluding hydrogens is 335 g/mol. The molecule has 0 aromatic heterocycles. The minimum absolute atomic E-state index is 0. The van der Waals surface area contributed by atoms with E-state index in [1.165, 1.54) is 12.8 Å². The zero-order valence-electron chi connectivity index (χ0n) is 13.5. The zero-order chi connectivity index (χ0) is 15.7. The fourth-order valence-corrected chi connectivity index (χ4v) is 3.79. The van der Waals surface area contributed by atoms with Crippen LogP contribution >= 0.6 is 24.0 Å². The van der Waals surface area contributed by atoms with Gasteiger partial charge in [-0.25, -0.2) is 0 Å². The van der Waals surface area contributed by atoms with Crippen LogP contribution in [0.5, 0.6) is 5.75 Å². The molecule has 0 spiro atoms. The van der Waals surface area contributed by atoms with Crippen LogP contribution in [0.3, 0.4) is 0 Å². The van der Waals surface area contributed by atoms with Crippen molar-refractivity contribution in [1.29, 1.82) is 0 Å². The summed E-state index contributed by atoms with van der Waals surface area (Å²) in [6.45, 7) is 1.80. The molecule has 3 atom stereocenters. The molecule has 1 amide bonds. The number of hydrogen-bond acceptors (Lipinski definition) is 3. The van der Waals surface area contributed by atoms with Crippen molar-refractivity contribution < 1.29 is 9.53 Å². The van der Waals surface area contributed by atoms with Crippen molar-refractivity contribution in [3.05, 3.63) is 29.3 Å². The number of hydrogen-bond donors (Lipinski definition) is 1. The Bertz CT molecular complexity index is 543. The van der Waals surface area contributed by atoms with Crippen molar-refractivity contribution >= 4 is 29.9 Å². The van der Waals surface area contributed by atoms with E-state index in [4.69, 9.17) is 16.3 Å². The SMILES string of the molecule is CC(Oc1cccc(Cl)c1)C(=O)N(C)C1CC2CCC(C1)N2.Cl. The van der Waals surface area contributed by atoms with E-state index in [2.05, 4.69) is 5.32 Å². The molecule has 2 saturated heterocycles. The standard InChI is InChI=1S/C17H23ClN2O2.ClH/c1-11(22-16-5-3-4-12(18)8-16)17(21)20(2)15-9-13-6-7-14(10-15)19-13;/h3-5,8,11,13-15,19H,6-7,9-10H2,1-2H3;1H. The van der Waals surface area contributed by atoms with Gasteiger partial charge in [0.1, 0.15) is 5.75 Å². The van der Waals surface area contributed by atoms with E-state index in [-0.39, 0.29) is 18.3 Å². The molecular formula is C17H24Cl2N2O2. The van der Waals surface area contributed by atoms with Crippen molar-refractivity contribution in [3.63, 3.8) is 0 Å². The topological polar surface area (TPSA) is 41.6 Å². The van der Waals surface area contributed by atoms with E-state index in [9.17, 15) is 4.79 Å². The Morgan fingerprint density at radius 2 is 2.00 bits per heavy atom. The highest BCUT2D eigenvalue weighted by molar-refractivity contribution is 6.30. The fraction of sp³-hybridized carbons (Fsp3) is 0.588. The van der Waals surface area contributed by atoms with Crippen molar-refractivity contribution in [2.45, 2.75) is 56.8 Å². The van der Waals surface area contributed by atoms with Crippen molar-refractivity contribution in [2.24, 2.45) is 0 Å². The molecule has 0 aliphatic carbocycles. The normalized spacial score (nSPS) is 27.0. The first-order valence-electron chi connectivity index (χ1n) is 7.98. The van der Waals surface area contributed by atoms with E-state index in [1.54, 1.807) is 19.1 Å². The average molecular weight is 359 g/mol. The van der Waals surface area contributed by atoms with Crippen LogP contribution in [0.4, 0.5) is 0 Å². The summed E-state index contributed by atoms with van der Waals surface area (Å²) in [6.07, 6.45) is 4.05. The summed E-state index contributed by atoms with van der Waals surface area (Å²) in [5, 5.41) is 4.22. The second-order valence-corrected chi connectivity index (χ2v) is 6.87. The van der Waals surface area contributed by atoms with Gasteiger partial charge in [0.15, 0.2) is 6.10 Å². The highest BCUT2D eigenvalue weighted by atomic mass is 35.5. The van der Waals surface area contributed by atoms with E-state index < -0.39 is 6.10 Å². The molecule has 2 bridgehead atoms. The largest absolute Gasteiger partial charge is 0.481 e. The summed E-state index contributed by atoms with van der Waals surface area (Å²) >= 11 is 5.95. The van der Waals surface area contributed by atoms with Crippen LogP contribution in [0.25, 0.3) is 0 Å². The maximum atomic E-state index is 12.6. The molecule has 3 rings (SSSR count). The van der Waals surface area contributed by atoms with Crippen molar-refractivity contribution in [3.8, 4) is 5.75 Å². The average Bonchev–Trinajstić information content (AvgIpc) is 2.84. The lowest BCUT2D eigenvalue weighted by Crippen LogP contribution is -2.51. The minimum Gasteiger partial charge on any atom is -0.481 e. The predicted octanol–water partition coefficient (Wildman–Crippen LogP) is 3.27. The minimum atomic E-state index is -0.504. The second kappa shape index (κ2) is 7.73. The molecule has 1 N–H and O–H groups in total. The molecule has 1 aromatic rings. The lowest BCUT2D eigenvalue weighted by atomic mass is 9.98. The van der Waals surface area contributed by atoms with Gasteiger partial charge in [-0.15, -0.1) is 12.4 Å². The van der Waals surface area contributed by atoms with Crippen LogP contribution in [0.1, 0.15) is 32.6 Å². The number of nitrogens with zero attached hydrogens (tertiary/aromatic N) is 1. The van der Waals surface area contributed by atoms with Crippen LogP contribution in [0, 0.1) is 0 Å². The van der Waals surface area contributed by atoms with Crippen LogP contribution < -0.4 is 10.1 Å². The van der Waals surface area contributed by atoms with E-state index in [1.807, 2.05) is 24.1 Å². The third kappa shape index (κ3) is 4.31. The highest BCUT2D eigenvalue weighted by Gasteiger charge is 2.37. The van der Waals surface area contributed by atoms with Crippen LogP contribution in [-0.4, -0.2) is 42.1 Å². The summed E-state index contributed by atoms with van der Waals surface area (Å²) in [7, 11) is 1.90. The summed E-state index contributed by atoms with van der Waals surface area (Å²) < 4.78 is 5.75. The number of amides is 1. The Morgan fingerprint density at radius 3 is 2.61 bits per heavy atom. The maximum absolute atomic E-state index is 12.6. The first-order chi connectivity index (χ1) is 10.5. The first kappa shape index (κ1) is 18.4. The molecule has 4 nitrogen and oxygen atoms in total. The van der Waals surface area contributed by atoms with Gasteiger partial charge in [-0.3, -0.25) is 4.79 Å². The molecule has 2 aliphatic heterocycles.